The van der Waals surface area contributed by atoms with Gasteiger partial charge in [-0.25, -0.2) is 0 Å². The molecule has 2 N–H and O–H groups in total. The number of carbonyl (C=O) groups is 1. The van der Waals surface area contributed by atoms with Crippen molar-refractivity contribution in [1.29, 1.82) is 0 Å². The van der Waals surface area contributed by atoms with Crippen molar-refractivity contribution in [2.75, 3.05) is 13.1 Å². The van der Waals surface area contributed by atoms with E-state index in [2.05, 4.69) is 10.6 Å². The average Bonchev–Trinajstić information content (AvgIpc) is 3.01. The van der Waals surface area contributed by atoms with Crippen molar-refractivity contribution < 1.29 is 4.79 Å². The third kappa shape index (κ3) is 3.88. The Morgan fingerprint density at radius 3 is 2.55 bits per heavy atom. The molecule has 1 aliphatic heterocycles. The van der Waals surface area contributed by atoms with Crippen LogP contribution in [-0.4, -0.2) is 19.0 Å². The van der Waals surface area contributed by atoms with Crippen LogP contribution >= 0.6 is 35.6 Å². The van der Waals surface area contributed by atoms with E-state index in [0.29, 0.717) is 22.4 Å². The Morgan fingerprint density at radius 2 is 2.00 bits per heavy atom. The molecular formula is C16H21Cl3N2O. The topological polar surface area (TPSA) is 41.1 Å². The molecule has 0 spiro atoms. The number of benzene rings is 1. The van der Waals surface area contributed by atoms with Gasteiger partial charge in [-0.05, 0) is 56.8 Å². The molecule has 3 rings (SSSR count). The lowest BCUT2D eigenvalue weighted by atomic mass is 10.0. The van der Waals surface area contributed by atoms with E-state index >= 15 is 0 Å². The summed E-state index contributed by atoms with van der Waals surface area (Å²) in [5, 5.41) is 7.77. The van der Waals surface area contributed by atoms with Crippen molar-refractivity contribution in [3.05, 3.63) is 33.8 Å². The molecule has 1 aromatic carbocycles. The van der Waals surface area contributed by atoms with E-state index in [-0.39, 0.29) is 23.9 Å². The summed E-state index contributed by atoms with van der Waals surface area (Å²) in [7, 11) is 0. The van der Waals surface area contributed by atoms with Crippen LogP contribution in [0.15, 0.2) is 18.2 Å². The highest BCUT2D eigenvalue weighted by Crippen LogP contribution is 2.50. The number of rotatable bonds is 5. The van der Waals surface area contributed by atoms with Crippen molar-refractivity contribution >= 4 is 41.5 Å². The summed E-state index contributed by atoms with van der Waals surface area (Å²) in [6.45, 7) is 2.11. The molecule has 1 amide bonds. The van der Waals surface area contributed by atoms with Crippen molar-refractivity contribution in [3.63, 3.8) is 0 Å². The van der Waals surface area contributed by atoms with Gasteiger partial charge in [-0.2, -0.15) is 0 Å². The van der Waals surface area contributed by atoms with Crippen molar-refractivity contribution in [2.45, 2.75) is 37.6 Å². The van der Waals surface area contributed by atoms with Crippen LogP contribution in [0.5, 0.6) is 0 Å². The molecule has 3 nitrogen and oxygen atoms in total. The number of hydrogen-bond acceptors (Lipinski definition) is 2. The van der Waals surface area contributed by atoms with Crippen LogP contribution in [-0.2, 0) is 10.3 Å². The summed E-state index contributed by atoms with van der Waals surface area (Å²) in [5.74, 6) is 0.741. The van der Waals surface area contributed by atoms with Gasteiger partial charge in [0.15, 0.2) is 0 Å². The van der Waals surface area contributed by atoms with Crippen LogP contribution in [0.4, 0.5) is 0 Å². The summed E-state index contributed by atoms with van der Waals surface area (Å²) in [5.41, 5.74) is 0.546. The zero-order valence-corrected chi connectivity index (χ0v) is 14.7. The third-order valence-electron chi connectivity index (χ3n) is 4.51. The molecule has 2 aliphatic rings. The van der Waals surface area contributed by atoms with Gasteiger partial charge in [0.1, 0.15) is 0 Å². The molecule has 1 saturated heterocycles. The molecule has 1 heterocycles. The molecule has 22 heavy (non-hydrogen) atoms. The van der Waals surface area contributed by atoms with E-state index in [1.54, 1.807) is 0 Å². The summed E-state index contributed by atoms with van der Waals surface area (Å²) < 4.78 is 0. The van der Waals surface area contributed by atoms with Gasteiger partial charge in [-0.1, -0.05) is 29.3 Å². The number of nitrogens with one attached hydrogen (secondary N) is 2. The number of halogens is 3. The van der Waals surface area contributed by atoms with Gasteiger partial charge < -0.3 is 10.6 Å². The predicted molar refractivity (Wildman–Crippen MR) is 93.0 cm³/mol. The molecule has 0 radical (unpaired) electrons. The molecule has 1 aromatic rings. The first-order chi connectivity index (χ1) is 10.1. The lowest BCUT2D eigenvalue weighted by Gasteiger charge is -2.21. The first-order valence-electron chi connectivity index (χ1n) is 7.57. The van der Waals surface area contributed by atoms with E-state index in [9.17, 15) is 4.79 Å². The highest BCUT2D eigenvalue weighted by Gasteiger charge is 2.48. The molecule has 1 aliphatic carbocycles. The largest absolute Gasteiger partial charge is 0.346 e. The molecule has 1 unspecified atom stereocenters. The second-order valence-electron chi connectivity index (χ2n) is 6.12. The lowest BCUT2D eigenvalue weighted by molar-refractivity contribution is -0.122. The monoisotopic (exact) mass is 362 g/mol. The van der Waals surface area contributed by atoms with Crippen molar-refractivity contribution in [2.24, 2.45) is 5.92 Å². The molecule has 122 valence electrons. The molecule has 2 fully saturated rings. The minimum atomic E-state index is -0.333. The summed E-state index contributed by atoms with van der Waals surface area (Å²) in [6, 6.07) is 5.50. The fourth-order valence-corrected chi connectivity index (χ4v) is 3.90. The van der Waals surface area contributed by atoms with E-state index < -0.39 is 0 Å². The van der Waals surface area contributed by atoms with Crippen molar-refractivity contribution in [3.8, 4) is 0 Å². The van der Waals surface area contributed by atoms with Crippen molar-refractivity contribution in [1.82, 2.24) is 10.6 Å². The highest BCUT2D eigenvalue weighted by atomic mass is 35.5. The Hall–Kier alpha value is -0.480. The van der Waals surface area contributed by atoms with Crippen LogP contribution < -0.4 is 10.6 Å². The van der Waals surface area contributed by atoms with Crippen LogP contribution in [0, 0.1) is 5.92 Å². The van der Waals surface area contributed by atoms with E-state index in [1.165, 1.54) is 6.42 Å². The minimum Gasteiger partial charge on any atom is -0.346 e. The fourth-order valence-electron chi connectivity index (χ4n) is 3.14. The van der Waals surface area contributed by atoms with Gasteiger partial charge >= 0.3 is 0 Å². The predicted octanol–water partition coefficient (Wildman–Crippen LogP) is 3.91. The average molecular weight is 364 g/mol. The van der Waals surface area contributed by atoms with Gasteiger partial charge in [-0.3, -0.25) is 4.79 Å². The number of carbonyl (C=O) groups excluding carboxylic acids is 1. The molecular weight excluding hydrogens is 343 g/mol. The Bertz CT molecular complexity index is 520. The van der Waals surface area contributed by atoms with Crippen LogP contribution in [0.3, 0.4) is 0 Å². The summed E-state index contributed by atoms with van der Waals surface area (Å²) in [6.07, 6.45) is 4.52. The normalized spacial score (nSPS) is 22.0. The molecule has 0 aromatic heterocycles. The Kier molecular flexibility index (Phi) is 6.00. The number of amides is 1. The standard InChI is InChI=1S/C16H20Cl2N2O.ClH/c17-12-2-1-3-13(18)15(12)16(7-8-16)20-14(21)5-4-11-6-9-19-10-11;/h1-3,11,19H,4-10H2,(H,20,21);1H. The second-order valence-corrected chi connectivity index (χ2v) is 6.94. The minimum absolute atomic E-state index is 0. The second kappa shape index (κ2) is 7.39. The molecule has 6 heteroatoms. The maximum absolute atomic E-state index is 12.2. The summed E-state index contributed by atoms with van der Waals surface area (Å²) >= 11 is 12.5. The van der Waals surface area contributed by atoms with Crippen LogP contribution in [0.1, 0.15) is 37.7 Å². The zero-order valence-electron chi connectivity index (χ0n) is 12.3. The summed E-state index contributed by atoms with van der Waals surface area (Å²) in [4.78, 5) is 12.2. The van der Waals surface area contributed by atoms with E-state index in [0.717, 1.165) is 37.9 Å². The van der Waals surface area contributed by atoms with Crippen LogP contribution in [0.25, 0.3) is 0 Å². The Morgan fingerprint density at radius 1 is 1.32 bits per heavy atom. The van der Waals surface area contributed by atoms with E-state index in [1.807, 2.05) is 18.2 Å². The Balaban J connectivity index is 0.00000176. The maximum Gasteiger partial charge on any atom is 0.220 e. The quantitative estimate of drug-likeness (QED) is 0.832. The maximum atomic E-state index is 12.2. The van der Waals surface area contributed by atoms with Gasteiger partial charge in [0.2, 0.25) is 5.91 Å². The van der Waals surface area contributed by atoms with Gasteiger partial charge in [-0.15, -0.1) is 12.4 Å². The Labute approximate surface area is 147 Å². The third-order valence-corrected chi connectivity index (χ3v) is 5.14. The SMILES string of the molecule is Cl.O=C(CCC1CCNC1)NC1(c2c(Cl)cccc2Cl)CC1. The fraction of sp³-hybridized carbons (Fsp3) is 0.562. The van der Waals surface area contributed by atoms with E-state index in [4.69, 9.17) is 23.2 Å². The first kappa shape index (κ1) is 17.9. The smallest absolute Gasteiger partial charge is 0.220 e. The molecule has 0 bridgehead atoms. The zero-order chi connectivity index (χ0) is 14.9. The molecule has 1 atom stereocenters. The highest BCUT2D eigenvalue weighted by molar-refractivity contribution is 6.36. The lowest BCUT2D eigenvalue weighted by Crippen LogP contribution is -2.35. The number of hydrogen-bond donors (Lipinski definition) is 2. The van der Waals surface area contributed by atoms with Gasteiger partial charge in [0.05, 0.1) is 5.54 Å². The van der Waals surface area contributed by atoms with Gasteiger partial charge in [0.25, 0.3) is 0 Å². The first-order valence-corrected chi connectivity index (χ1v) is 8.32. The van der Waals surface area contributed by atoms with Gasteiger partial charge in [0, 0.05) is 22.0 Å². The molecule has 1 saturated carbocycles. The van der Waals surface area contributed by atoms with Crippen LogP contribution in [0.2, 0.25) is 10.0 Å².